The molecule has 4 N–H and O–H groups in total. The summed E-state index contributed by atoms with van der Waals surface area (Å²) in [5, 5.41) is 4.13. The van der Waals surface area contributed by atoms with Crippen LogP contribution in [0.3, 0.4) is 0 Å². The molecule has 0 spiro atoms. The van der Waals surface area contributed by atoms with Gasteiger partial charge in [0.2, 0.25) is 5.91 Å². The van der Waals surface area contributed by atoms with Gasteiger partial charge in [0, 0.05) is 35.6 Å². The van der Waals surface area contributed by atoms with E-state index in [2.05, 4.69) is 16.4 Å². The second kappa shape index (κ2) is 5.45. The molecular formula is C15H21N3O. The maximum atomic E-state index is 11.7. The van der Waals surface area contributed by atoms with Crippen LogP contribution < -0.4 is 11.1 Å². The molecule has 0 saturated carbocycles. The molecule has 1 aromatic carbocycles. The first-order valence-corrected chi connectivity index (χ1v) is 6.56. The van der Waals surface area contributed by atoms with Gasteiger partial charge in [0.25, 0.3) is 0 Å². The molecule has 1 heterocycles. The third-order valence-corrected chi connectivity index (χ3v) is 3.01. The average Bonchev–Trinajstić information content (AvgIpc) is 2.70. The van der Waals surface area contributed by atoms with Gasteiger partial charge in [0.15, 0.2) is 0 Å². The van der Waals surface area contributed by atoms with Gasteiger partial charge >= 0.3 is 0 Å². The second-order valence-electron chi connectivity index (χ2n) is 5.62. The molecule has 4 nitrogen and oxygen atoms in total. The van der Waals surface area contributed by atoms with Crippen LogP contribution in [0.25, 0.3) is 10.9 Å². The number of carbonyl (C=O) groups excluding carboxylic acids is 1. The molecule has 4 heteroatoms. The Labute approximate surface area is 113 Å². The maximum absolute atomic E-state index is 11.7. The third-order valence-electron chi connectivity index (χ3n) is 3.01. The molecule has 0 unspecified atom stereocenters. The van der Waals surface area contributed by atoms with Gasteiger partial charge < -0.3 is 16.0 Å². The van der Waals surface area contributed by atoms with Crippen LogP contribution in [-0.4, -0.2) is 23.0 Å². The number of nitrogens with one attached hydrogen (secondary N) is 2. The highest BCUT2D eigenvalue weighted by molar-refractivity contribution is 5.83. The molecule has 0 aliphatic rings. The van der Waals surface area contributed by atoms with E-state index in [1.54, 1.807) is 0 Å². The summed E-state index contributed by atoms with van der Waals surface area (Å²) in [7, 11) is 0. The lowest BCUT2D eigenvalue weighted by Gasteiger charge is -2.17. The van der Waals surface area contributed by atoms with Crippen molar-refractivity contribution in [1.29, 1.82) is 0 Å². The normalized spacial score (nSPS) is 11.7. The largest absolute Gasteiger partial charge is 0.361 e. The van der Waals surface area contributed by atoms with Crippen molar-refractivity contribution in [2.45, 2.75) is 32.2 Å². The minimum Gasteiger partial charge on any atom is -0.361 e. The van der Waals surface area contributed by atoms with Crippen molar-refractivity contribution in [3.63, 3.8) is 0 Å². The molecular weight excluding hydrogens is 238 g/mol. The minimum absolute atomic E-state index is 0.00680. The third kappa shape index (κ3) is 3.83. The SMILES string of the molecule is CC(C)(N)CC(=O)NCCc1c[nH]c2ccccc12. The van der Waals surface area contributed by atoms with Gasteiger partial charge in [-0.3, -0.25) is 4.79 Å². The maximum Gasteiger partial charge on any atom is 0.221 e. The monoisotopic (exact) mass is 259 g/mol. The van der Waals surface area contributed by atoms with Gasteiger partial charge in [-0.2, -0.15) is 0 Å². The first-order chi connectivity index (χ1) is 8.96. The highest BCUT2D eigenvalue weighted by Gasteiger charge is 2.15. The Morgan fingerprint density at radius 1 is 1.37 bits per heavy atom. The Morgan fingerprint density at radius 2 is 2.11 bits per heavy atom. The number of aromatic nitrogens is 1. The lowest BCUT2D eigenvalue weighted by Crippen LogP contribution is -2.39. The van der Waals surface area contributed by atoms with Crippen LogP contribution in [0.15, 0.2) is 30.5 Å². The number of fused-ring (bicyclic) bond motifs is 1. The molecule has 1 aromatic heterocycles. The molecule has 0 aliphatic carbocycles. The Hall–Kier alpha value is -1.81. The number of benzene rings is 1. The van der Waals surface area contributed by atoms with Crippen molar-refractivity contribution in [3.05, 3.63) is 36.0 Å². The van der Waals surface area contributed by atoms with E-state index in [0.717, 1.165) is 11.9 Å². The van der Waals surface area contributed by atoms with Crippen molar-refractivity contribution < 1.29 is 4.79 Å². The van der Waals surface area contributed by atoms with Gasteiger partial charge in [-0.05, 0) is 31.9 Å². The quantitative estimate of drug-likeness (QED) is 0.768. The molecule has 0 saturated heterocycles. The smallest absolute Gasteiger partial charge is 0.221 e. The van der Waals surface area contributed by atoms with Crippen LogP contribution in [0, 0.1) is 0 Å². The second-order valence-corrected chi connectivity index (χ2v) is 5.62. The van der Waals surface area contributed by atoms with Crippen LogP contribution in [0.1, 0.15) is 25.8 Å². The molecule has 2 aromatic rings. The van der Waals surface area contributed by atoms with E-state index in [9.17, 15) is 4.79 Å². The van der Waals surface area contributed by atoms with E-state index >= 15 is 0 Å². The first kappa shape index (κ1) is 13.6. The minimum atomic E-state index is -0.454. The van der Waals surface area contributed by atoms with Crippen LogP contribution in [0.4, 0.5) is 0 Å². The van der Waals surface area contributed by atoms with E-state index in [1.807, 2.05) is 38.2 Å². The fourth-order valence-electron chi connectivity index (χ4n) is 2.15. The zero-order chi connectivity index (χ0) is 13.9. The summed E-state index contributed by atoms with van der Waals surface area (Å²) in [6, 6.07) is 8.17. The van der Waals surface area contributed by atoms with Gasteiger partial charge in [-0.25, -0.2) is 0 Å². The number of hydrogen-bond acceptors (Lipinski definition) is 2. The summed E-state index contributed by atoms with van der Waals surface area (Å²) in [4.78, 5) is 14.9. The number of nitrogens with two attached hydrogens (primary N) is 1. The summed E-state index contributed by atoms with van der Waals surface area (Å²) in [6.07, 6.45) is 3.17. The Balaban J connectivity index is 1.88. The Kier molecular flexibility index (Phi) is 3.90. The summed E-state index contributed by atoms with van der Waals surface area (Å²) >= 11 is 0. The standard InChI is InChI=1S/C15H21N3O/c1-15(2,16)9-14(19)17-8-7-11-10-18-13-6-4-3-5-12(11)13/h3-6,10,18H,7-9,16H2,1-2H3,(H,17,19). The van der Waals surface area contributed by atoms with Crippen molar-refractivity contribution in [2.75, 3.05) is 6.54 Å². The van der Waals surface area contributed by atoms with Gasteiger partial charge in [-0.15, -0.1) is 0 Å². The van der Waals surface area contributed by atoms with E-state index in [-0.39, 0.29) is 5.91 Å². The number of para-hydroxylation sites is 1. The Bertz CT molecular complexity index is 566. The van der Waals surface area contributed by atoms with Crippen LogP contribution in [-0.2, 0) is 11.2 Å². The summed E-state index contributed by atoms with van der Waals surface area (Å²) in [5.74, 6) is 0.00680. The van der Waals surface area contributed by atoms with Crippen LogP contribution >= 0.6 is 0 Å². The molecule has 1 amide bonds. The van der Waals surface area contributed by atoms with Crippen molar-refractivity contribution in [2.24, 2.45) is 5.73 Å². The lowest BCUT2D eigenvalue weighted by molar-refractivity contribution is -0.121. The molecule has 0 aliphatic heterocycles. The van der Waals surface area contributed by atoms with Crippen molar-refractivity contribution in [3.8, 4) is 0 Å². The molecule has 2 rings (SSSR count). The topological polar surface area (TPSA) is 70.9 Å². The summed E-state index contributed by atoms with van der Waals surface area (Å²) in [5.41, 5.74) is 7.71. The number of amides is 1. The summed E-state index contributed by atoms with van der Waals surface area (Å²) < 4.78 is 0. The predicted molar refractivity (Wildman–Crippen MR) is 77.9 cm³/mol. The highest BCUT2D eigenvalue weighted by atomic mass is 16.1. The molecule has 0 bridgehead atoms. The first-order valence-electron chi connectivity index (χ1n) is 6.56. The molecule has 19 heavy (non-hydrogen) atoms. The van der Waals surface area contributed by atoms with Gasteiger partial charge in [0.05, 0.1) is 0 Å². The fourth-order valence-corrected chi connectivity index (χ4v) is 2.15. The van der Waals surface area contributed by atoms with Crippen molar-refractivity contribution in [1.82, 2.24) is 10.3 Å². The van der Waals surface area contributed by atoms with Gasteiger partial charge in [-0.1, -0.05) is 18.2 Å². The van der Waals surface area contributed by atoms with E-state index in [4.69, 9.17) is 5.73 Å². The average molecular weight is 259 g/mol. The van der Waals surface area contributed by atoms with Crippen LogP contribution in [0.5, 0.6) is 0 Å². The van der Waals surface area contributed by atoms with Crippen LogP contribution in [0.2, 0.25) is 0 Å². The molecule has 102 valence electrons. The number of aromatic amines is 1. The lowest BCUT2D eigenvalue weighted by atomic mass is 10.0. The number of H-pyrrole nitrogens is 1. The predicted octanol–water partition coefficient (Wildman–Crippen LogP) is 1.95. The highest BCUT2D eigenvalue weighted by Crippen LogP contribution is 2.17. The summed E-state index contributed by atoms with van der Waals surface area (Å²) in [6.45, 7) is 4.34. The number of carbonyl (C=O) groups is 1. The zero-order valence-electron chi connectivity index (χ0n) is 11.5. The van der Waals surface area contributed by atoms with Crippen molar-refractivity contribution >= 4 is 16.8 Å². The zero-order valence-corrected chi connectivity index (χ0v) is 11.5. The number of rotatable bonds is 5. The molecule has 0 radical (unpaired) electrons. The molecule has 0 atom stereocenters. The number of hydrogen-bond donors (Lipinski definition) is 3. The van der Waals surface area contributed by atoms with E-state index in [0.29, 0.717) is 13.0 Å². The Morgan fingerprint density at radius 3 is 2.84 bits per heavy atom. The fraction of sp³-hybridized carbons (Fsp3) is 0.400. The van der Waals surface area contributed by atoms with E-state index < -0.39 is 5.54 Å². The van der Waals surface area contributed by atoms with E-state index in [1.165, 1.54) is 10.9 Å². The van der Waals surface area contributed by atoms with Gasteiger partial charge in [0.1, 0.15) is 0 Å². The molecule has 0 fully saturated rings.